The van der Waals surface area contributed by atoms with Gasteiger partial charge in [-0.25, -0.2) is 13.8 Å². The van der Waals surface area contributed by atoms with Crippen LogP contribution in [0.15, 0.2) is 6.20 Å². The molecule has 1 heterocycles. The highest BCUT2D eigenvalue weighted by molar-refractivity contribution is 14.1. The molecular formula is C7H7F2IN2O. The molecule has 0 aliphatic carbocycles. The normalized spacial score (nSPS) is 10.8. The number of aliphatic hydroxyl groups excluding tert-OH is 1. The van der Waals surface area contributed by atoms with Crippen LogP contribution < -0.4 is 5.73 Å². The zero-order valence-electron chi connectivity index (χ0n) is 6.47. The first-order valence-electron chi connectivity index (χ1n) is 3.39. The Balaban J connectivity index is 3.30. The maximum atomic E-state index is 12.4. The molecule has 0 radical (unpaired) electrons. The maximum Gasteiger partial charge on any atom is 0.268 e. The van der Waals surface area contributed by atoms with E-state index in [1.807, 2.05) is 0 Å². The van der Waals surface area contributed by atoms with E-state index in [1.165, 1.54) is 6.20 Å². The third-order valence-electron chi connectivity index (χ3n) is 1.58. The Bertz CT molecular complexity index is 320. The summed E-state index contributed by atoms with van der Waals surface area (Å²) in [5, 5.41) is 8.75. The van der Waals surface area contributed by atoms with Gasteiger partial charge in [0.1, 0.15) is 3.70 Å². The second-order valence-corrected chi connectivity index (χ2v) is 3.38. The predicted octanol–water partition coefficient (Wildman–Crippen LogP) is 1.70. The van der Waals surface area contributed by atoms with Crippen molar-refractivity contribution in [3.63, 3.8) is 0 Å². The number of pyridine rings is 1. The zero-order valence-corrected chi connectivity index (χ0v) is 8.62. The first-order chi connectivity index (χ1) is 6.07. The molecule has 0 aliphatic heterocycles. The van der Waals surface area contributed by atoms with E-state index in [9.17, 15) is 8.78 Å². The average molecular weight is 300 g/mol. The van der Waals surface area contributed by atoms with Crippen molar-refractivity contribution in [2.75, 3.05) is 5.73 Å². The molecule has 72 valence electrons. The molecule has 1 aromatic rings. The third kappa shape index (κ3) is 2.05. The van der Waals surface area contributed by atoms with Crippen LogP contribution in [0, 0.1) is 3.70 Å². The lowest BCUT2D eigenvalue weighted by atomic mass is 10.1. The molecule has 0 unspecified atom stereocenters. The van der Waals surface area contributed by atoms with Gasteiger partial charge in [0, 0.05) is 11.8 Å². The Morgan fingerprint density at radius 2 is 2.23 bits per heavy atom. The van der Waals surface area contributed by atoms with Crippen LogP contribution in [-0.4, -0.2) is 10.1 Å². The van der Waals surface area contributed by atoms with Gasteiger partial charge in [0.2, 0.25) is 0 Å². The van der Waals surface area contributed by atoms with Crippen LogP contribution in [0.3, 0.4) is 0 Å². The highest BCUT2D eigenvalue weighted by Crippen LogP contribution is 2.30. The van der Waals surface area contributed by atoms with Gasteiger partial charge in [0.15, 0.2) is 0 Å². The van der Waals surface area contributed by atoms with Crippen LogP contribution >= 0.6 is 22.6 Å². The van der Waals surface area contributed by atoms with Gasteiger partial charge < -0.3 is 10.8 Å². The Hall–Kier alpha value is -0.500. The number of nitrogen functional groups attached to an aromatic ring is 1. The van der Waals surface area contributed by atoms with Crippen molar-refractivity contribution in [3.05, 3.63) is 21.0 Å². The Labute approximate surface area is 87.1 Å². The lowest BCUT2D eigenvalue weighted by molar-refractivity contribution is 0.150. The van der Waals surface area contributed by atoms with Crippen LogP contribution in [0.4, 0.5) is 14.5 Å². The van der Waals surface area contributed by atoms with E-state index in [0.29, 0.717) is 0 Å². The minimum absolute atomic E-state index is 0.0723. The molecule has 13 heavy (non-hydrogen) atoms. The maximum absolute atomic E-state index is 12.4. The van der Waals surface area contributed by atoms with Crippen molar-refractivity contribution < 1.29 is 13.9 Å². The molecule has 0 aliphatic rings. The van der Waals surface area contributed by atoms with E-state index in [-0.39, 0.29) is 27.1 Å². The summed E-state index contributed by atoms with van der Waals surface area (Å²) in [6.45, 7) is -0.379. The summed E-state index contributed by atoms with van der Waals surface area (Å²) in [6, 6.07) is 0. The van der Waals surface area contributed by atoms with Crippen LogP contribution in [0.25, 0.3) is 0 Å². The topological polar surface area (TPSA) is 59.1 Å². The Morgan fingerprint density at radius 3 is 2.69 bits per heavy atom. The molecule has 0 amide bonds. The second-order valence-electron chi connectivity index (χ2n) is 2.36. The number of rotatable bonds is 2. The van der Waals surface area contributed by atoms with Gasteiger partial charge in [-0.05, 0) is 22.6 Å². The van der Waals surface area contributed by atoms with Gasteiger partial charge in [-0.15, -0.1) is 0 Å². The monoisotopic (exact) mass is 300 g/mol. The fourth-order valence-electron chi connectivity index (χ4n) is 0.891. The molecule has 3 nitrogen and oxygen atoms in total. The fraction of sp³-hybridized carbons (Fsp3) is 0.286. The molecular weight excluding hydrogens is 293 g/mol. The first-order valence-corrected chi connectivity index (χ1v) is 4.47. The lowest BCUT2D eigenvalue weighted by Crippen LogP contribution is -2.04. The lowest BCUT2D eigenvalue weighted by Gasteiger charge is -2.09. The van der Waals surface area contributed by atoms with E-state index < -0.39 is 6.43 Å². The van der Waals surface area contributed by atoms with E-state index in [1.54, 1.807) is 22.6 Å². The zero-order chi connectivity index (χ0) is 10.0. The van der Waals surface area contributed by atoms with E-state index >= 15 is 0 Å². The molecule has 0 atom stereocenters. The number of nitrogens with zero attached hydrogens (tertiary/aromatic N) is 1. The summed E-state index contributed by atoms with van der Waals surface area (Å²) in [7, 11) is 0. The van der Waals surface area contributed by atoms with E-state index in [2.05, 4.69) is 4.98 Å². The molecule has 0 bridgehead atoms. The van der Waals surface area contributed by atoms with Gasteiger partial charge >= 0.3 is 0 Å². The standard InChI is InChI=1S/C7H7F2IN2O/c8-6(9)4-5(11)3(2-13)1-12-7(4)10/h1,6,13H,2H2,(H2,11,12). The fourth-order valence-corrected chi connectivity index (χ4v) is 1.56. The van der Waals surface area contributed by atoms with Gasteiger partial charge in [-0.2, -0.15) is 0 Å². The number of aliphatic hydroxyl groups is 1. The number of anilines is 1. The Morgan fingerprint density at radius 1 is 1.62 bits per heavy atom. The smallest absolute Gasteiger partial charge is 0.268 e. The van der Waals surface area contributed by atoms with Gasteiger partial charge in [0.25, 0.3) is 6.43 Å². The van der Waals surface area contributed by atoms with Crippen molar-refractivity contribution in [1.29, 1.82) is 0 Å². The number of hydrogen-bond donors (Lipinski definition) is 2. The molecule has 1 aromatic heterocycles. The summed E-state index contributed by atoms with van der Waals surface area (Å²) in [6.07, 6.45) is -1.37. The number of aromatic nitrogens is 1. The molecule has 0 aromatic carbocycles. The molecule has 0 saturated heterocycles. The first kappa shape index (κ1) is 10.6. The molecule has 6 heteroatoms. The van der Waals surface area contributed by atoms with Gasteiger partial charge in [-0.3, -0.25) is 0 Å². The quantitative estimate of drug-likeness (QED) is 0.645. The molecule has 0 fully saturated rings. The summed E-state index contributed by atoms with van der Waals surface area (Å²) in [5.41, 5.74) is 5.27. The summed E-state index contributed by atoms with van der Waals surface area (Å²) in [5.74, 6) is 0. The van der Waals surface area contributed by atoms with Gasteiger partial charge in [-0.1, -0.05) is 0 Å². The van der Waals surface area contributed by atoms with Gasteiger partial charge in [0.05, 0.1) is 17.9 Å². The number of hydrogen-bond acceptors (Lipinski definition) is 3. The Kier molecular flexibility index (Phi) is 3.37. The van der Waals surface area contributed by atoms with Crippen LogP contribution in [0.1, 0.15) is 17.6 Å². The van der Waals surface area contributed by atoms with Crippen molar-refractivity contribution in [3.8, 4) is 0 Å². The minimum atomic E-state index is -2.66. The largest absolute Gasteiger partial charge is 0.398 e. The van der Waals surface area contributed by atoms with Crippen LogP contribution in [-0.2, 0) is 6.61 Å². The summed E-state index contributed by atoms with van der Waals surface area (Å²) < 4.78 is 25.0. The second kappa shape index (κ2) is 4.14. The highest BCUT2D eigenvalue weighted by atomic mass is 127. The minimum Gasteiger partial charge on any atom is -0.398 e. The van der Waals surface area contributed by atoms with Crippen LogP contribution in [0.5, 0.6) is 0 Å². The predicted molar refractivity (Wildman–Crippen MR) is 52.2 cm³/mol. The summed E-state index contributed by atoms with van der Waals surface area (Å²) >= 11 is 1.68. The molecule has 3 N–H and O–H groups in total. The SMILES string of the molecule is Nc1c(CO)cnc(I)c1C(F)F. The van der Waals surface area contributed by atoms with Crippen molar-refractivity contribution in [2.24, 2.45) is 0 Å². The van der Waals surface area contributed by atoms with Crippen molar-refractivity contribution >= 4 is 28.3 Å². The number of halogens is 3. The highest BCUT2D eigenvalue weighted by Gasteiger charge is 2.18. The third-order valence-corrected chi connectivity index (χ3v) is 2.44. The number of nitrogens with two attached hydrogens (primary N) is 1. The number of alkyl halides is 2. The molecule has 0 saturated carbocycles. The molecule has 1 rings (SSSR count). The van der Waals surface area contributed by atoms with E-state index in [0.717, 1.165) is 0 Å². The van der Waals surface area contributed by atoms with E-state index in [4.69, 9.17) is 10.8 Å². The summed E-state index contributed by atoms with van der Waals surface area (Å²) in [4.78, 5) is 3.70. The van der Waals surface area contributed by atoms with Crippen molar-refractivity contribution in [1.82, 2.24) is 4.98 Å². The molecule has 0 spiro atoms. The van der Waals surface area contributed by atoms with Crippen LogP contribution in [0.2, 0.25) is 0 Å². The average Bonchev–Trinajstić information content (AvgIpc) is 2.04. The van der Waals surface area contributed by atoms with Crippen molar-refractivity contribution in [2.45, 2.75) is 13.0 Å².